The summed E-state index contributed by atoms with van der Waals surface area (Å²) in [6.07, 6.45) is 1.04. The number of allylic oxidation sites excluding steroid dienone is 1. The maximum absolute atomic E-state index is 12.4. The molecule has 0 spiro atoms. The molecule has 2 aromatic carbocycles. The monoisotopic (exact) mass is 328 g/mol. The third-order valence-electron chi connectivity index (χ3n) is 3.06. The van der Waals surface area contributed by atoms with Crippen LogP contribution in [0.15, 0.2) is 59.5 Å². The van der Waals surface area contributed by atoms with Crippen LogP contribution in [0.1, 0.15) is 11.1 Å². The number of sulfone groups is 1. The topological polar surface area (TPSA) is 101 Å². The van der Waals surface area contributed by atoms with Crippen molar-refractivity contribution in [2.75, 3.05) is 0 Å². The Kier molecular flexibility index (Phi) is 4.88. The molecule has 6 nitrogen and oxygen atoms in total. The minimum atomic E-state index is -3.89. The number of nitro groups is 1. The van der Waals surface area contributed by atoms with Gasteiger partial charge in [-0.2, -0.15) is 5.26 Å². The molecule has 0 saturated carbocycles. The third kappa shape index (κ3) is 4.02. The van der Waals surface area contributed by atoms with Crippen molar-refractivity contribution in [3.8, 4) is 6.07 Å². The van der Waals surface area contributed by atoms with Crippen LogP contribution in [0.3, 0.4) is 0 Å². The van der Waals surface area contributed by atoms with Gasteiger partial charge in [-0.3, -0.25) is 10.1 Å². The Bertz CT molecular complexity index is 897. The fraction of sp³-hybridized carbons (Fsp3) is 0.0625. The molecule has 0 fully saturated rings. The predicted octanol–water partition coefficient (Wildman–Crippen LogP) is 3.07. The lowest BCUT2D eigenvalue weighted by molar-refractivity contribution is -0.385. The number of para-hydroxylation sites is 1. The van der Waals surface area contributed by atoms with Crippen LogP contribution in [0, 0.1) is 21.4 Å². The molecule has 7 heteroatoms. The second-order valence-corrected chi connectivity index (χ2v) is 6.64. The normalized spacial score (nSPS) is 11.7. The van der Waals surface area contributed by atoms with Gasteiger partial charge in [-0.25, -0.2) is 8.42 Å². The Labute approximate surface area is 133 Å². The lowest BCUT2D eigenvalue weighted by atomic mass is 10.1. The summed E-state index contributed by atoms with van der Waals surface area (Å²) in [5.74, 6) is -0.339. The van der Waals surface area contributed by atoms with Crippen molar-refractivity contribution in [1.82, 2.24) is 0 Å². The molecular formula is C16H12N2O4S. The van der Waals surface area contributed by atoms with E-state index < -0.39 is 19.7 Å². The number of rotatable bonds is 5. The Morgan fingerprint density at radius 1 is 1.13 bits per heavy atom. The summed E-state index contributed by atoms with van der Waals surface area (Å²) in [7, 11) is -3.89. The van der Waals surface area contributed by atoms with E-state index >= 15 is 0 Å². The van der Waals surface area contributed by atoms with E-state index in [1.807, 2.05) is 0 Å². The second-order valence-electron chi connectivity index (χ2n) is 4.68. The molecule has 0 unspecified atom stereocenters. The molecule has 0 N–H and O–H groups in total. The van der Waals surface area contributed by atoms with Crippen LogP contribution in [-0.2, 0) is 15.6 Å². The molecule has 0 radical (unpaired) electrons. The summed E-state index contributed by atoms with van der Waals surface area (Å²) in [5.41, 5.74) is 0.358. The molecule has 0 heterocycles. The van der Waals surface area contributed by atoms with Crippen molar-refractivity contribution in [2.24, 2.45) is 0 Å². The quantitative estimate of drug-likeness (QED) is 0.477. The standard InChI is InChI=1S/C16H12N2O4S/c17-11-15(10-14-8-4-5-9-16(14)18(19)20)23(21,22)12-13-6-2-1-3-7-13/h1-10H,12H2. The van der Waals surface area contributed by atoms with Gasteiger partial charge in [-0.1, -0.05) is 42.5 Å². The Balaban J connectivity index is 2.44. The van der Waals surface area contributed by atoms with Crippen molar-refractivity contribution >= 4 is 21.6 Å². The summed E-state index contributed by atoms with van der Waals surface area (Å²) < 4.78 is 24.7. The molecular weight excluding hydrogens is 316 g/mol. The van der Waals surface area contributed by atoms with E-state index in [1.165, 1.54) is 24.3 Å². The number of nitro benzene ring substituents is 1. The van der Waals surface area contributed by atoms with Crippen LogP contribution in [0.2, 0.25) is 0 Å². The first-order valence-corrected chi connectivity index (χ1v) is 8.21. The van der Waals surface area contributed by atoms with Gasteiger partial charge in [0.2, 0.25) is 0 Å². The van der Waals surface area contributed by atoms with Crippen molar-refractivity contribution in [1.29, 1.82) is 5.26 Å². The Hall–Kier alpha value is -2.98. The molecule has 0 amide bonds. The van der Waals surface area contributed by atoms with E-state index in [0.717, 1.165) is 6.08 Å². The summed E-state index contributed by atoms with van der Waals surface area (Å²) >= 11 is 0. The van der Waals surface area contributed by atoms with Gasteiger partial charge in [0, 0.05) is 6.07 Å². The molecule has 0 bridgehead atoms. The fourth-order valence-corrected chi connectivity index (χ4v) is 3.21. The van der Waals surface area contributed by atoms with E-state index in [9.17, 15) is 18.5 Å². The van der Waals surface area contributed by atoms with Crippen LogP contribution in [0.5, 0.6) is 0 Å². The largest absolute Gasteiger partial charge is 0.276 e. The van der Waals surface area contributed by atoms with Gasteiger partial charge in [0.15, 0.2) is 9.84 Å². The molecule has 0 aliphatic carbocycles. The van der Waals surface area contributed by atoms with E-state index in [4.69, 9.17) is 5.26 Å². The van der Waals surface area contributed by atoms with E-state index in [1.54, 1.807) is 36.4 Å². The minimum absolute atomic E-state index is 0.0747. The lowest BCUT2D eigenvalue weighted by Gasteiger charge is -2.04. The van der Waals surface area contributed by atoms with Crippen LogP contribution >= 0.6 is 0 Å². The highest BCUT2D eigenvalue weighted by molar-refractivity contribution is 7.95. The highest BCUT2D eigenvalue weighted by Gasteiger charge is 2.20. The first-order valence-electron chi connectivity index (χ1n) is 6.56. The number of nitriles is 1. The zero-order chi connectivity index (χ0) is 16.9. The second kappa shape index (κ2) is 6.85. The van der Waals surface area contributed by atoms with Crippen molar-refractivity contribution in [2.45, 2.75) is 5.75 Å². The van der Waals surface area contributed by atoms with Crippen LogP contribution in [0.25, 0.3) is 6.08 Å². The Morgan fingerprint density at radius 2 is 1.74 bits per heavy atom. The summed E-state index contributed by atoms with van der Waals surface area (Å²) in [6, 6.07) is 15.7. The van der Waals surface area contributed by atoms with E-state index in [0.29, 0.717) is 5.56 Å². The van der Waals surface area contributed by atoms with Crippen LogP contribution in [0.4, 0.5) is 5.69 Å². The van der Waals surface area contributed by atoms with Crippen LogP contribution in [-0.4, -0.2) is 13.3 Å². The summed E-state index contributed by atoms with van der Waals surface area (Å²) in [5, 5.41) is 20.1. The molecule has 0 aliphatic rings. The highest BCUT2D eigenvalue weighted by Crippen LogP contribution is 2.23. The van der Waals surface area contributed by atoms with Crippen molar-refractivity contribution in [3.05, 3.63) is 80.7 Å². The number of benzene rings is 2. The van der Waals surface area contributed by atoms with Crippen molar-refractivity contribution in [3.63, 3.8) is 0 Å². The molecule has 0 saturated heterocycles. The minimum Gasteiger partial charge on any atom is -0.258 e. The van der Waals surface area contributed by atoms with Gasteiger partial charge < -0.3 is 0 Å². The smallest absolute Gasteiger partial charge is 0.258 e. The maximum atomic E-state index is 12.4. The van der Waals surface area contributed by atoms with Gasteiger partial charge in [0.1, 0.15) is 11.0 Å². The number of nitrogens with zero attached hydrogens (tertiary/aromatic N) is 2. The third-order valence-corrected chi connectivity index (χ3v) is 4.66. The molecule has 0 aliphatic heterocycles. The first-order chi connectivity index (χ1) is 10.9. The van der Waals surface area contributed by atoms with E-state index in [2.05, 4.69) is 0 Å². The molecule has 0 atom stereocenters. The molecule has 2 aromatic rings. The Morgan fingerprint density at radius 3 is 2.35 bits per heavy atom. The maximum Gasteiger partial charge on any atom is 0.276 e. The predicted molar refractivity (Wildman–Crippen MR) is 85.8 cm³/mol. The SMILES string of the molecule is N#CC(=Cc1ccccc1[N+](=O)[O-])S(=O)(=O)Cc1ccccc1. The molecule has 0 aromatic heterocycles. The van der Waals surface area contributed by atoms with Gasteiger partial charge in [-0.15, -0.1) is 0 Å². The highest BCUT2D eigenvalue weighted by atomic mass is 32.2. The van der Waals surface area contributed by atoms with Crippen molar-refractivity contribution < 1.29 is 13.3 Å². The average molecular weight is 328 g/mol. The van der Waals surface area contributed by atoms with Gasteiger partial charge >= 0.3 is 0 Å². The fourth-order valence-electron chi connectivity index (χ4n) is 1.98. The van der Waals surface area contributed by atoms with E-state index in [-0.39, 0.29) is 17.0 Å². The number of hydrogen-bond acceptors (Lipinski definition) is 5. The average Bonchev–Trinajstić information content (AvgIpc) is 2.53. The van der Waals surface area contributed by atoms with Gasteiger partial charge in [-0.05, 0) is 17.7 Å². The summed E-state index contributed by atoms with van der Waals surface area (Å²) in [6.45, 7) is 0. The van der Waals surface area contributed by atoms with Crippen LogP contribution < -0.4 is 0 Å². The summed E-state index contributed by atoms with van der Waals surface area (Å²) in [4.78, 5) is 9.85. The zero-order valence-electron chi connectivity index (χ0n) is 11.9. The molecule has 116 valence electrons. The van der Waals surface area contributed by atoms with Gasteiger partial charge in [0.05, 0.1) is 16.2 Å². The number of hydrogen-bond donors (Lipinski definition) is 0. The lowest BCUT2D eigenvalue weighted by Crippen LogP contribution is -2.06. The molecule has 2 rings (SSSR count). The molecule has 23 heavy (non-hydrogen) atoms. The first kappa shape index (κ1) is 16.4. The zero-order valence-corrected chi connectivity index (χ0v) is 12.7. The van der Waals surface area contributed by atoms with Gasteiger partial charge in [0.25, 0.3) is 5.69 Å².